The molecule has 0 saturated carbocycles. The van der Waals surface area contributed by atoms with Crippen molar-refractivity contribution in [2.24, 2.45) is 11.3 Å². The van der Waals surface area contributed by atoms with Gasteiger partial charge in [-0.15, -0.1) is 0 Å². The van der Waals surface area contributed by atoms with Crippen LogP contribution in [0.25, 0.3) is 0 Å². The van der Waals surface area contributed by atoms with Gasteiger partial charge in [-0.1, -0.05) is 0 Å². The number of ether oxygens (including phenoxy) is 3. The van der Waals surface area contributed by atoms with Crippen molar-refractivity contribution in [2.75, 3.05) is 46.1 Å². The molecule has 19 heavy (non-hydrogen) atoms. The highest BCUT2D eigenvalue weighted by atomic mass is 16.5. The molecule has 4 nitrogen and oxygen atoms in total. The van der Waals surface area contributed by atoms with Crippen LogP contribution in [0.5, 0.6) is 0 Å². The fourth-order valence-electron chi connectivity index (χ4n) is 3.71. The number of hydrogen-bond acceptors (Lipinski definition) is 4. The van der Waals surface area contributed by atoms with Crippen LogP contribution in [-0.2, 0) is 14.2 Å². The second-order valence-corrected chi connectivity index (χ2v) is 6.36. The molecular formula is C15H27NO3. The SMILES string of the molecule is C1CO[C@@H]2CCNC[C@@]2(COCC2CCOCC2)C1. The molecule has 2 atom stereocenters. The van der Waals surface area contributed by atoms with Crippen LogP contribution in [0.1, 0.15) is 32.1 Å². The topological polar surface area (TPSA) is 39.7 Å². The van der Waals surface area contributed by atoms with Gasteiger partial charge in [-0.3, -0.25) is 0 Å². The summed E-state index contributed by atoms with van der Waals surface area (Å²) in [6.45, 7) is 6.67. The maximum Gasteiger partial charge on any atom is 0.0677 e. The molecule has 3 fully saturated rings. The normalized spacial score (nSPS) is 36.9. The van der Waals surface area contributed by atoms with Gasteiger partial charge in [0.25, 0.3) is 0 Å². The van der Waals surface area contributed by atoms with E-state index in [-0.39, 0.29) is 5.41 Å². The Morgan fingerprint density at radius 1 is 1.16 bits per heavy atom. The first-order valence-electron chi connectivity index (χ1n) is 7.87. The van der Waals surface area contributed by atoms with Crippen molar-refractivity contribution in [1.29, 1.82) is 0 Å². The van der Waals surface area contributed by atoms with E-state index in [9.17, 15) is 0 Å². The third-order valence-electron chi connectivity index (χ3n) is 4.97. The van der Waals surface area contributed by atoms with Crippen molar-refractivity contribution in [3.63, 3.8) is 0 Å². The standard InChI is InChI=1S/C15H27NO3/c1-5-15(11-16-6-2-14(15)19-7-1)12-18-10-13-3-8-17-9-4-13/h13-14,16H,1-12H2/t14-,15-/m1/s1. The number of nitrogens with one attached hydrogen (secondary N) is 1. The summed E-state index contributed by atoms with van der Waals surface area (Å²) in [4.78, 5) is 0. The zero-order valence-electron chi connectivity index (χ0n) is 11.9. The van der Waals surface area contributed by atoms with Crippen LogP contribution < -0.4 is 5.32 Å². The van der Waals surface area contributed by atoms with Crippen LogP contribution in [-0.4, -0.2) is 52.2 Å². The summed E-state index contributed by atoms with van der Waals surface area (Å²) >= 11 is 0. The zero-order chi connectivity index (χ0) is 13.0. The summed E-state index contributed by atoms with van der Waals surface area (Å²) < 4.78 is 17.5. The molecule has 0 unspecified atom stereocenters. The Bertz CT molecular complexity index is 267. The van der Waals surface area contributed by atoms with Gasteiger partial charge < -0.3 is 19.5 Å². The highest BCUT2D eigenvalue weighted by molar-refractivity contribution is 4.95. The molecule has 3 aliphatic heterocycles. The van der Waals surface area contributed by atoms with Crippen LogP contribution in [0.3, 0.4) is 0 Å². The predicted molar refractivity (Wildman–Crippen MR) is 73.3 cm³/mol. The molecule has 0 amide bonds. The van der Waals surface area contributed by atoms with Gasteiger partial charge in [0.15, 0.2) is 0 Å². The van der Waals surface area contributed by atoms with Crippen LogP contribution >= 0.6 is 0 Å². The Labute approximate surface area is 116 Å². The van der Waals surface area contributed by atoms with E-state index in [1.807, 2.05) is 0 Å². The Morgan fingerprint density at radius 2 is 2.05 bits per heavy atom. The minimum absolute atomic E-state index is 0.238. The van der Waals surface area contributed by atoms with E-state index in [1.54, 1.807) is 0 Å². The lowest BCUT2D eigenvalue weighted by molar-refractivity contribution is -0.134. The molecule has 0 bridgehead atoms. The lowest BCUT2D eigenvalue weighted by atomic mass is 9.73. The first-order chi connectivity index (χ1) is 9.39. The van der Waals surface area contributed by atoms with E-state index < -0.39 is 0 Å². The van der Waals surface area contributed by atoms with E-state index in [2.05, 4.69) is 5.32 Å². The van der Waals surface area contributed by atoms with Gasteiger partial charge in [-0.2, -0.15) is 0 Å². The number of fused-ring (bicyclic) bond motifs is 1. The smallest absolute Gasteiger partial charge is 0.0677 e. The van der Waals surface area contributed by atoms with Gasteiger partial charge in [0.1, 0.15) is 0 Å². The molecule has 0 aliphatic carbocycles. The maximum absolute atomic E-state index is 6.10. The Kier molecular flexibility index (Phi) is 4.74. The fourth-order valence-corrected chi connectivity index (χ4v) is 3.71. The molecule has 0 spiro atoms. The minimum atomic E-state index is 0.238. The van der Waals surface area contributed by atoms with Crippen molar-refractivity contribution < 1.29 is 14.2 Å². The van der Waals surface area contributed by atoms with E-state index in [0.717, 1.165) is 65.4 Å². The van der Waals surface area contributed by atoms with Crippen molar-refractivity contribution in [3.05, 3.63) is 0 Å². The largest absolute Gasteiger partial charge is 0.381 e. The second kappa shape index (κ2) is 6.53. The fraction of sp³-hybridized carbons (Fsp3) is 1.00. The predicted octanol–water partition coefficient (Wildman–Crippen LogP) is 1.59. The average Bonchev–Trinajstić information content (AvgIpc) is 2.48. The van der Waals surface area contributed by atoms with Gasteiger partial charge >= 0.3 is 0 Å². The molecular weight excluding hydrogens is 242 g/mol. The number of hydrogen-bond donors (Lipinski definition) is 1. The van der Waals surface area contributed by atoms with Gasteiger partial charge in [0.05, 0.1) is 12.7 Å². The maximum atomic E-state index is 6.10. The van der Waals surface area contributed by atoms with E-state index >= 15 is 0 Å². The summed E-state index contributed by atoms with van der Waals surface area (Å²) in [6.07, 6.45) is 6.30. The summed E-state index contributed by atoms with van der Waals surface area (Å²) in [5, 5.41) is 3.53. The summed E-state index contributed by atoms with van der Waals surface area (Å²) in [5.74, 6) is 0.699. The van der Waals surface area contributed by atoms with Crippen LogP contribution in [0.15, 0.2) is 0 Å². The molecule has 4 heteroatoms. The number of rotatable bonds is 4. The average molecular weight is 269 g/mol. The molecule has 3 rings (SSSR count). The Hall–Kier alpha value is -0.160. The van der Waals surface area contributed by atoms with Gasteiger partial charge in [-0.25, -0.2) is 0 Å². The van der Waals surface area contributed by atoms with Gasteiger partial charge in [0.2, 0.25) is 0 Å². The number of piperidine rings is 1. The summed E-state index contributed by atoms with van der Waals surface area (Å²) in [7, 11) is 0. The molecule has 3 heterocycles. The molecule has 0 radical (unpaired) electrons. The third-order valence-corrected chi connectivity index (χ3v) is 4.97. The summed E-state index contributed by atoms with van der Waals surface area (Å²) in [5.41, 5.74) is 0.238. The Balaban J connectivity index is 1.48. The Morgan fingerprint density at radius 3 is 2.95 bits per heavy atom. The van der Waals surface area contributed by atoms with Gasteiger partial charge in [0, 0.05) is 38.4 Å². The van der Waals surface area contributed by atoms with Gasteiger partial charge in [-0.05, 0) is 44.6 Å². The monoisotopic (exact) mass is 269 g/mol. The van der Waals surface area contributed by atoms with Crippen LogP contribution in [0.2, 0.25) is 0 Å². The first kappa shape index (κ1) is 13.8. The van der Waals surface area contributed by atoms with Crippen molar-refractivity contribution >= 4 is 0 Å². The molecule has 0 aromatic heterocycles. The molecule has 0 aromatic rings. The van der Waals surface area contributed by atoms with Crippen molar-refractivity contribution in [2.45, 2.75) is 38.2 Å². The van der Waals surface area contributed by atoms with E-state index in [0.29, 0.717) is 12.0 Å². The second-order valence-electron chi connectivity index (χ2n) is 6.36. The first-order valence-corrected chi connectivity index (χ1v) is 7.87. The van der Waals surface area contributed by atoms with Crippen molar-refractivity contribution in [3.8, 4) is 0 Å². The highest BCUT2D eigenvalue weighted by Crippen LogP contribution is 2.38. The highest BCUT2D eigenvalue weighted by Gasteiger charge is 2.43. The third kappa shape index (κ3) is 3.30. The van der Waals surface area contributed by atoms with Crippen LogP contribution in [0, 0.1) is 11.3 Å². The zero-order valence-corrected chi connectivity index (χ0v) is 11.9. The lowest BCUT2D eigenvalue weighted by Crippen LogP contribution is -2.55. The lowest BCUT2D eigenvalue weighted by Gasteiger charge is -2.47. The molecule has 0 aromatic carbocycles. The van der Waals surface area contributed by atoms with E-state index in [4.69, 9.17) is 14.2 Å². The molecule has 1 N–H and O–H groups in total. The molecule has 3 aliphatic rings. The van der Waals surface area contributed by atoms with E-state index in [1.165, 1.54) is 12.8 Å². The quantitative estimate of drug-likeness (QED) is 0.841. The summed E-state index contributed by atoms with van der Waals surface area (Å²) in [6, 6.07) is 0. The van der Waals surface area contributed by atoms with Crippen LogP contribution in [0.4, 0.5) is 0 Å². The molecule has 3 saturated heterocycles. The minimum Gasteiger partial charge on any atom is -0.381 e. The van der Waals surface area contributed by atoms with Crippen molar-refractivity contribution in [1.82, 2.24) is 5.32 Å². The molecule has 110 valence electrons.